The van der Waals surface area contributed by atoms with Gasteiger partial charge < -0.3 is 0 Å². The van der Waals surface area contributed by atoms with Gasteiger partial charge in [0.15, 0.2) is 5.78 Å². The molecule has 2 atom stereocenters. The molecule has 1 fully saturated rings. The van der Waals surface area contributed by atoms with Crippen LogP contribution in [-0.4, -0.2) is 15.6 Å². The summed E-state index contributed by atoms with van der Waals surface area (Å²) in [5.74, 6) is 1.06. The van der Waals surface area contributed by atoms with Gasteiger partial charge in [0, 0.05) is 12.5 Å². The summed E-state index contributed by atoms with van der Waals surface area (Å²) in [5, 5.41) is 4.71. The maximum atomic E-state index is 12.5. The molecule has 1 aromatic rings. The lowest BCUT2D eigenvalue weighted by Gasteiger charge is -2.11. The van der Waals surface area contributed by atoms with Crippen molar-refractivity contribution < 1.29 is 4.79 Å². The maximum Gasteiger partial charge on any atom is 0.185 e. The Kier molecular flexibility index (Phi) is 4.44. The highest BCUT2D eigenvalue weighted by molar-refractivity contribution is 6.33. The van der Waals surface area contributed by atoms with Gasteiger partial charge in [-0.3, -0.25) is 9.48 Å². The van der Waals surface area contributed by atoms with Crippen LogP contribution >= 0.6 is 11.6 Å². The predicted octanol–water partition coefficient (Wildman–Crippen LogP) is 3.96. The second-order valence-corrected chi connectivity index (χ2v) is 5.62. The first-order valence-corrected chi connectivity index (χ1v) is 7.30. The number of carbonyl (C=O) groups excluding carboxylic acids is 1. The van der Waals surface area contributed by atoms with E-state index in [1.54, 1.807) is 10.9 Å². The third-order valence-electron chi connectivity index (χ3n) is 3.95. The first-order chi connectivity index (χ1) is 8.67. The van der Waals surface area contributed by atoms with Crippen LogP contribution < -0.4 is 0 Å². The van der Waals surface area contributed by atoms with Crippen LogP contribution in [0.5, 0.6) is 0 Å². The van der Waals surface area contributed by atoms with E-state index in [-0.39, 0.29) is 11.7 Å². The zero-order valence-corrected chi connectivity index (χ0v) is 11.9. The molecule has 0 spiro atoms. The van der Waals surface area contributed by atoms with Crippen molar-refractivity contribution in [1.29, 1.82) is 0 Å². The highest BCUT2D eigenvalue weighted by atomic mass is 35.5. The van der Waals surface area contributed by atoms with E-state index in [4.69, 9.17) is 11.6 Å². The molecule has 18 heavy (non-hydrogen) atoms. The number of hydrogen-bond acceptors (Lipinski definition) is 2. The van der Waals surface area contributed by atoms with Gasteiger partial charge in [-0.15, -0.1) is 0 Å². The number of aryl methyl sites for hydroxylation is 1. The van der Waals surface area contributed by atoms with Crippen molar-refractivity contribution in [2.75, 3.05) is 0 Å². The third kappa shape index (κ3) is 2.61. The van der Waals surface area contributed by atoms with E-state index < -0.39 is 0 Å². The van der Waals surface area contributed by atoms with Crippen LogP contribution in [0, 0.1) is 11.8 Å². The number of ketones is 1. The topological polar surface area (TPSA) is 34.9 Å². The van der Waals surface area contributed by atoms with Crippen molar-refractivity contribution >= 4 is 17.4 Å². The lowest BCUT2D eigenvalue weighted by atomic mass is 9.97. The smallest absolute Gasteiger partial charge is 0.185 e. The molecule has 0 N–H and O–H groups in total. The second kappa shape index (κ2) is 5.87. The Balaban J connectivity index is 2.16. The number of halogens is 1. The van der Waals surface area contributed by atoms with Crippen molar-refractivity contribution in [2.24, 2.45) is 11.8 Å². The molecule has 0 radical (unpaired) electrons. The van der Waals surface area contributed by atoms with Gasteiger partial charge >= 0.3 is 0 Å². The van der Waals surface area contributed by atoms with Crippen LogP contribution in [0.1, 0.15) is 56.4 Å². The summed E-state index contributed by atoms with van der Waals surface area (Å²) >= 11 is 6.12. The zero-order chi connectivity index (χ0) is 13.1. The lowest BCUT2D eigenvalue weighted by Crippen LogP contribution is -2.18. The molecule has 0 aliphatic heterocycles. The summed E-state index contributed by atoms with van der Waals surface area (Å²) in [6.07, 6.45) is 6.92. The largest absolute Gasteiger partial charge is 0.292 e. The Morgan fingerprint density at radius 3 is 2.89 bits per heavy atom. The lowest BCUT2D eigenvalue weighted by molar-refractivity contribution is 0.0908. The predicted molar refractivity (Wildman–Crippen MR) is 73.0 cm³/mol. The summed E-state index contributed by atoms with van der Waals surface area (Å²) in [7, 11) is 0. The summed E-state index contributed by atoms with van der Waals surface area (Å²) < 4.78 is 1.77. The van der Waals surface area contributed by atoms with E-state index in [2.05, 4.69) is 18.9 Å². The Bertz CT molecular complexity index is 427. The van der Waals surface area contributed by atoms with Crippen molar-refractivity contribution in [3.05, 3.63) is 16.9 Å². The van der Waals surface area contributed by atoms with E-state index in [9.17, 15) is 4.79 Å². The normalized spacial score (nSPS) is 23.5. The van der Waals surface area contributed by atoms with Gasteiger partial charge in [0.2, 0.25) is 0 Å². The molecule has 1 aliphatic carbocycles. The Hall–Kier alpha value is -0.830. The molecular formula is C14H21ClN2O. The fraction of sp³-hybridized carbons (Fsp3) is 0.714. The number of rotatable bonds is 5. The molecule has 0 bridgehead atoms. The van der Waals surface area contributed by atoms with Gasteiger partial charge in [0.1, 0.15) is 5.69 Å². The Morgan fingerprint density at radius 2 is 2.28 bits per heavy atom. The van der Waals surface area contributed by atoms with Gasteiger partial charge in [-0.1, -0.05) is 31.9 Å². The molecule has 100 valence electrons. The minimum atomic E-state index is 0.153. The number of hydrogen-bond donors (Lipinski definition) is 0. The summed E-state index contributed by atoms with van der Waals surface area (Å²) in [6, 6.07) is 0. The molecule has 4 heteroatoms. The van der Waals surface area contributed by atoms with Crippen LogP contribution in [0.2, 0.25) is 5.02 Å². The van der Waals surface area contributed by atoms with Gasteiger partial charge in [0.25, 0.3) is 0 Å². The van der Waals surface area contributed by atoms with E-state index in [1.807, 2.05) is 0 Å². The molecule has 3 nitrogen and oxygen atoms in total. The van der Waals surface area contributed by atoms with E-state index >= 15 is 0 Å². The minimum absolute atomic E-state index is 0.153. The quantitative estimate of drug-likeness (QED) is 0.758. The summed E-state index contributed by atoms with van der Waals surface area (Å²) in [5.41, 5.74) is 0.625. The van der Waals surface area contributed by atoms with Crippen LogP contribution in [0.15, 0.2) is 6.20 Å². The van der Waals surface area contributed by atoms with Crippen LogP contribution in [-0.2, 0) is 6.54 Å². The molecule has 1 aromatic heterocycles. The fourth-order valence-electron chi connectivity index (χ4n) is 2.87. The molecule has 1 aliphatic rings. The summed E-state index contributed by atoms with van der Waals surface area (Å²) in [4.78, 5) is 12.5. The minimum Gasteiger partial charge on any atom is -0.292 e. The van der Waals surface area contributed by atoms with E-state index in [0.717, 1.165) is 25.8 Å². The van der Waals surface area contributed by atoms with Crippen molar-refractivity contribution in [1.82, 2.24) is 9.78 Å². The third-order valence-corrected chi connectivity index (χ3v) is 4.23. The van der Waals surface area contributed by atoms with Crippen LogP contribution in [0.25, 0.3) is 0 Å². The SMILES string of the molecule is CCCn1ncc(Cl)c1C(=O)C1CCC(CC)C1. The standard InChI is InChI=1S/C14H21ClN2O/c1-3-7-17-13(12(15)9-16-17)14(18)11-6-5-10(4-2)8-11/h9-11H,3-8H2,1-2H3. The summed E-state index contributed by atoms with van der Waals surface area (Å²) in [6.45, 7) is 5.04. The van der Waals surface area contributed by atoms with E-state index in [0.29, 0.717) is 16.6 Å². The van der Waals surface area contributed by atoms with Crippen molar-refractivity contribution in [3.8, 4) is 0 Å². The monoisotopic (exact) mass is 268 g/mol. The zero-order valence-electron chi connectivity index (χ0n) is 11.2. The van der Waals surface area contributed by atoms with Gasteiger partial charge in [-0.25, -0.2) is 0 Å². The van der Waals surface area contributed by atoms with Gasteiger partial charge in [-0.05, 0) is 31.6 Å². The molecular weight excluding hydrogens is 248 g/mol. The van der Waals surface area contributed by atoms with Gasteiger partial charge in [0.05, 0.1) is 11.2 Å². The molecule has 0 aromatic carbocycles. The van der Waals surface area contributed by atoms with Crippen LogP contribution in [0.4, 0.5) is 0 Å². The van der Waals surface area contributed by atoms with Crippen molar-refractivity contribution in [2.45, 2.75) is 52.5 Å². The number of carbonyl (C=O) groups is 1. The Labute approximate surface area is 114 Å². The molecule has 1 saturated carbocycles. The van der Waals surface area contributed by atoms with Gasteiger partial charge in [-0.2, -0.15) is 5.10 Å². The first kappa shape index (κ1) is 13.6. The fourth-order valence-corrected chi connectivity index (χ4v) is 3.10. The number of Topliss-reactive ketones (excluding diaryl/α,β-unsaturated/α-hetero) is 1. The van der Waals surface area contributed by atoms with Crippen molar-refractivity contribution in [3.63, 3.8) is 0 Å². The second-order valence-electron chi connectivity index (χ2n) is 5.21. The van der Waals surface area contributed by atoms with E-state index in [1.165, 1.54) is 12.8 Å². The van der Waals surface area contributed by atoms with Crippen LogP contribution in [0.3, 0.4) is 0 Å². The molecule has 2 unspecified atom stereocenters. The highest BCUT2D eigenvalue weighted by Crippen LogP contribution is 2.36. The highest BCUT2D eigenvalue weighted by Gasteiger charge is 2.32. The molecule has 1 heterocycles. The molecule has 0 amide bonds. The number of nitrogens with zero attached hydrogens (tertiary/aromatic N) is 2. The number of aromatic nitrogens is 2. The molecule has 0 saturated heterocycles. The first-order valence-electron chi connectivity index (χ1n) is 6.92. The Morgan fingerprint density at radius 1 is 1.50 bits per heavy atom. The average Bonchev–Trinajstić information content (AvgIpc) is 2.96. The molecule has 2 rings (SSSR count). The maximum absolute atomic E-state index is 12.5. The average molecular weight is 269 g/mol.